The van der Waals surface area contributed by atoms with Gasteiger partial charge in [-0.25, -0.2) is 9.98 Å². The van der Waals surface area contributed by atoms with Gasteiger partial charge in [0, 0.05) is 49.5 Å². The van der Waals surface area contributed by atoms with Crippen molar-refractivity contribution in [3.8, 4) is 22.5 Å². The van der Waals surface area contributed by atoms with E-state index < -0.39 is 0 Å². The molecule has 0 atom stereocenters. The molecule has 0 aliphatic rings. The summed E-state index contributed by atoms with van der Waals surface area (Å²) in [5.74, 6) is 1.21. The fourth-order valence-electron chi connectivity index (χ4n) is 4.14. The van der Waals surface area contributed by atoms with Gasteiger partial charge in [0.1, 0.15) is 5.82 Å². The molecule has 0 amide bonds. The van der Waals surface area contributed by atoms with E-state index in [1.54, 1.807) is 4.90 Å². The molecule has 0 unspecified atom stereocenters. The van der Waals surface area contributed by atoms with Crippen molar-refractivity contribution < 1.29 is 0 Å². The summed E-state index contributed by atoms with van der Waals surface area (Å²) in [6.07, 6.45) is 1.97. The minimum Gasteiger partial charge on any atom is -0.370 e. The van der Waals surface area contributed by atoms with E-state index in [2.05, 4.69) is 45.3 Å². The minimum absolute atomic E-state index is 0.0175. The van der Waals surface area contributed by atoms with Crippen molar-refractivity contribution in [3.05, 3.63) is 66.9 Å². The Kier molecular flexibility index (Phi) is 5.37. The molecule has 0 saturated carbocycles. The number of nitrogens with one attached hydrogen (secondary N) is 3. The van der Waals surface area contributed by atoms with Gasteiger partial charge in [0.2, 0.25) is 0 Å². The van der Waals surface area contributed by atoms with E-state index in [4.69, 9.17) is 21.9 Å². The van der Waals surface area contributed by atoms with Crippen LogP contribution < -0.4 is 16.4 Å². The van der Waals surface area contributed by atoms with Crippen LogP contribution in [0.3, 0.4) is 0 Å². The molecule has 0 spiro atoms. The van der Waals surface area contributed by atoms with Crippen LogP contribution in [0.4, 0.5) is 11.4 Å². The molecule has 9 heteroatoms. The van der Waals surface area contributed by atoms with Gasteiger partial charge in [-0.05, 0) is 53.6 Å². The molecule has 176 valence electrons. The number of nitrogens with zero attached hydrogens (tertiary/aromatic N) is 4. The number of aromatic amines is 2. The summed E-state index contributed by atoms with van der Waals surface area (Å²) >= 11 is 0. The monoisotopic (exact) mass is 465 g/mol. The SMILES string of the molecule is CN(C)C(=N)N(C)c1ccc(-c2ccc3[nH]cc(-c4nc5ccc(N=C(N)N)cc5[nH]4)c3c2)cc1. The summed E-state index contributed by atoms with van der Waals surface area (Å²) in [4.78, 5) is 19.2. The summed E-state index contributed by atoms with van der Waals surface area (Å²) < 4.78 is 0. The molecule has 0 saturated heterocycles. The first kappa shape index (κ1) is 22.0. The first-order valence-corrected chi connectivity index (χ1v) is 11.1. The number of fused-ring (bicyclic) bond motifs is 2. The zero-order valence-corrected chi connectivity index (χ0v) is 19.8. The van der Waals surface area contributed by atoms with E-state index in [1.807, 2.05) is 62.6 Å². The van der Waals surface area contributed by atoms with Gasteiger partial charge in [0.15, 0.2) is 11.9 Å². The second-order valence-corrected chi connectivity index (χ2v) is 8.61. The van der Waals surface area contributed by atoms with Crippen molar-refractivity contribution in [1.29, 1.82) is 5.41 Å². The van der Waals surface area contributed by atoms with E-state index in [0.717, 1.165) is 50.1 Å². The molecule has 7 N–H and O–H groups in total. The Bertz CT molecular complexity index is 1570. The minimum atomic E-state index is 0.0175. The molecule has 0 aliphatic heterocycles. The van der Waals surface area contributed by atoms with E-state index in [-0.39, 0.29) is 5.96 Å². The number of hydrogen-bond donors (Lipinski definition) is 5. The number of H-pyrrole nitrogens is 2. The number of anilines is 1. The summed E-state index contributed by atoms with van der Waals surface area (Å²) in [6.45, 7) is 0. The molecule has 2 aromatic heterocycles. The van der Waals surface area contributed by atoms with E-state index in [0.29, 0.717) is 11.6 Å². The lowest BCUT2D eigenvalue weighted by Gasteiger charge is -2.25. The second kappa shape index (κ2) is 8.53. The maximum atomic E-state index is 8.19. The smallest absolute Gasteiger partial charge is 0.197 e. The molecule has 0 radical (unpaired) electrons. The highest BCUT2D eigenvalue weighted by atomic mass is 15.3. The van der Waals surface area contributed by atoms with Gasteiger partial charge in [-0.2, -0.15) is 0 Å². The van der Waals surface area contributed by atoms with Gasteiger partial charge >= 0.3 is 0 Å². The number of aromatic nitrogens is 3. The summed E-state index contributed by atoms with van der Waals surface area (Å²) in [5, 5.41) is 9.26. The Hall–Kier alpha value is -4.79. The number of benzene rings is 3. The maximum absolute atomic E-state index is 8.19. The highest BCUT2D eigenvalue weighted by Crippen LogP contribution is 2.33. The van der Waals surface area contributed by atoms with E-state index >= 15 is 0 Å². The normalized spacial score (nSPS) is 11.1. The van der Waals surface area contributed by atoms with Gasteiger partial charge in [0.25, 0.3) is 0 Å². The molecule has 5 rings (SSSR count). The number of imidazole rings is 1. The third-order valence-electron chi connectivity index (χ3n) is 5.99. The van der Waals surface area contributed by atoms with Gasteiger partial charge < -0.3 is 31.2 Å². The fraction of sp³-hybridized carbons (Fsp3) is 0.115. The van der Waals surface area contributed by atoms with Crippen LogP contribution in [0.5, 0.6) is 0 Å². The van der Waals surface area contributed by atoms with Crippen molar-refractivity contribution in [3.63, 3.8) is 0 Å². The van der Waals surface area contributed by atoms with Crippen LogP contribution in [0.1, 0.15) is 0 Å². The largest absolute Gasteiger partial charge is 0.370 e. The number of rotatable bonds is 4. The third kappa shape index (κ3) is 4.15. The highest BCUT2D eigenvalue weighted by Gasteiger charge is 2.13. The van der Waals surface area contributed by atoms with E-state index in [9.17, 15) is 0 Å². The Morgan fingerprint density at radius 3 is 2.37 bits per heavy atom. The molecular formula is C26H27N9. The predicted molar refractivity (Wildman–Crippen MR) is 144 cm³/mol. The first-order chi connectivity index (χ1) is 16.8. The molecule has 5 aromatic rings. The molecule has 0 aliphatic carbocycles. The molecular weight excluding hydrogens is 438 g/mol. The van der Waals surface area contributed by atoms with Crippen molar-refractivity contribution in [2.24, 2.45) is 16.5 Å². The molecule has 2 heterocycles. The van der Waals surface area contributed by atoms with Crippen molar-refractivity contribution in [2.75, 3.05) is 26.0 Å². The van der Waals surface area contributed by atoms with Gasteiger partial charge in [-0.1, -0.05) is 18.2 Å². The Balaban J connectivity index is 1.50. The van der Waals surface area contributed by atoms with Gasteiger partial charge in [-0.3, -0.25) is 5.41 Å². The van der Waals surface area contributed by atoms with Gasteiger partial charge in [0.05, 0.1) is 16.7 Å². The number of nitrogens with two attached hydrogens (primary N) is 2. The molecule has 9 nitrogen and oxygen atoms in total. The summed E-state index contributed by atoms with van der Waals surface area (Å²) in [7, 11) is 5.62. The van der Waals surface area contributed by atoms with Crippen LogP contribution in [-0.2, 0) is 0 Å². The molecule has 35 heavy (non-hydrogen) atoms. The number of guanidine groups is 2. The maximum Gasteiger partial charge on any atom is 0.197 e. The molecule has 0 fully saturated rings. The van der Waals surface area contributed by atoms with Crippen LogP contribution in [0.2, 0.25) is 0 Å². The standard InChI is InChI=1S/C26H27N9/c1-34(2)26(29)35(3)18-8-4-15(5-9-18)16-6-10-21-19(12-16)20(14-30-21)24-32-22-11-7-17(31-25(27)28)13-23(22)33-24/h4-14,29-30H,1-3H3,(H,32,33)(H4,27,28,31). The lowest BCUT2D eigenvalue weighted by molar-refractivity contribution is 0.603. The molecule has 3 aromatic carbocycles. The highest BCUT2D eigenvalue weighted by molar-refractivity contribution is 5.98. The lowest BCUT2D eigenvalue weighted by atomic mass is 10.0. The number of hydrogen-bond acceptors (Lipinski definition) is 3. The Labute approximate surface area is 202 Å². The van der Waals surface area contributed by atoms with Crippen LogP contribution in [-0.4, -0.2) is 52.9 Å². The average Bonchev–Trinajstić information content (AvgIpc) is 3.45. The second-order valence-electron chi connectivity index (χ2n) is 8.61. The van der Waals surface area contributed by atoms with Crippen LogP contribution in [0.15, 0.2) is 71.9 Å². The fourth-order valence-corrected chi connectivity index (χ4v) is 4.14. The topological polar surface area (TPSA) is 139 Å². The first-order valence-electron chi connectivity index (χ1n) is 11.1. The zero-order chi connectivity index (χ0) is 24.7. The van der Waals surface area contributed by atoms with E-state index in [1.165, 1.54) is 0 Å². The zero-order valence-electron chi connectivity index (χ0n) is 19.8. The van der Waals surface area contributed by atoms with Crippen molar-refractivity contribution >= 4 is 45.2 Å². The van der Waals surface area contributed by atoms with Crippen LogP contribution in [0, 0.1) is 5.41 Å². The van der Waals surface area contributed by atoms with Crippen molar-refractivity contribution in [1.82, 2.24) is 19.9 Å². The van der Waals surface area contributed by atoms with Gasteiger partial charge in [-0.15, -0.1) is 0 Å². The Morgan fingerprint density at radius 1 is 0.914 bits per heavy atom. The Morgan fingerprint density at radius 2 is 1.66 bits per heavy atom. The van der Waals surface area contributed by atoms with Crippen molar-refractivity contribution in [2.45, 2.75) is 0 Å². The van der Waals surface area contributed by atoms with Crippen LogP contribution in [0.25, 0.3) is 44.5 Å². The average molecular weight is 466 g/mol. The summed E-state index contributed by atoms with van der Waals surface area (Å²) in [6, 6.07) is 20.2. The summed E-state index contributed by atoms with van der Waals surface area (Å²) in [5.41, 5.74) is 18.5. The predicted octanol–water partition coefficient (Wildman–Crippen LogP) is 4.22. The lowest BCUT2D eigenvalue weighted by Crippen LogP contribution is -2.37. The number of aliphatic imine (C=N–C) groups is 1. The van der Waals surface area contributed by atoms with Crippen LogP contribution >= 0.6 is 0 Å². The quantitative estimate of drug-likeness (QED) is 0.200. The third-order valence-corrected chi connectivity index (χ3v) is 5.99. The molecule has 0 bridgehead atoms.